The Kier molecular flexibility index (Phi) is 3.30. The van der Waals surface area contributed by atoms with Crippen LogP contribution >= 0.6 is 11.6 Å². The lowest BCUT2D eigenvalue weighted by atomic mass is 10.1. The van der Waals surface area contributed by atoms with Gasteiger partial charge in [0, 0.05) is 18.7 Å². The van der Waals surface area contributed by atoms with E-state index in [4.69, 9.17) is 17.3 Å². The molecule has 0 aliphatic heterocycles. The van der Waals surface area contributed by atoms with Crippen LogP contribution in [-0.2, 0) is 19.6 Å². The van der Waals surface area contributed by atoms with Crippen molar-refractivity contribution in [1.82, 2.24) is 9.78 Å². The van der Waals surface area contributed by atoms with Gasteiger partial charge in [0.1, 0.15) is 5.15 Å². The topological polar surface area (TPSA) is 43.8 Å². The Morgan fingerprint density at radius 2 is 2.07 bits per heavy atom. The summed E-state index contributed by atoms with van der Waals surface area (Å²) in [5, 5.41) is 3.32. The average molecular weight is 242 g/mol. The van der Waals surface area contributed by atoms with Crippen molar-refractivity contribution in [3.8, 4) is 0 Å². The van der Waals surface area contributed by atoms with Crippen molar-refractivity contribution in [2.24, 2.45) is 12.8 Å². The van der Waals surface area contributed by atoms with Gasteiger partial charge >= 0.3 is 6.18 Å². The molecule has 1 aromatic heterocycles. The van der Waals surface area contributed by atoms with E-state index in [-0.39, 0.29) is 17.1 Å². The molecule has 1 heterocycles. The van der Waals surface area contributed by atoms with E-state index in [1.54, 1.807) is 6.92 Å². The van der Waals surface area contributed by atoms with Crippen molar-refractivity contribution in [2.45, 2.75) is 25.6 Å². The summed E-state index contributed by atoms with van der Waals surface area (Å²) in [6.07, 6.45) is -4.43. The minimum atomic E-state index is -4.49. The summed E-state index contributed by atoms with van der Waals surface area (Å²) in [5.41, 5.74) is 4.46. The van der Waals surface area contributed by atoms with Gasteiger partial charge in [-0.05, 0) is 13.3 Å². The fourth-order valence-electron chi connectivity index (χ4n) is 1.28. The summed E-state index contributed by atoms with van der Waals surface area (Å²) in [5.74, 6) is 0. The van der Waals surface area contributed by atoms with E-state index in [1.165, 1.54) is 7.05 Å². The molecular weight excluding hydrogens is 231 g/mol. The van der Waals surface area contributed by atoms with Crippen LogP contribution < -0.4 is 5.73 Å². The lowest BCUT2D eigenvalue weighted by molar-refractivity contribution is -0.142. The van der Waals surface area contributed by atoms with Crippen LogP contribution in [0.4, 0.5) is 13.2 Å². The minimum absolute atomic E-state index is 0.0142. The summed E-state index contributed by atoms with van der Waals surface area (Å²) in [6.45, 7) is 1.61. The van der Waals surface area contributed by atoms with Gasteiger partial charge < -0.3 is 5.73 Å². The number of hydrogen-bond acceptors (Lipinski definition) is 2. The second-order valence-electron chi connectivity index (χ2n) is 3.42. The van der Waals surface area contributed by atoms with Gasteiger partial charge in [-0.3, -0.25) is 4.68 Å². The first-order valence-electron chi connectivity index (χ1n) is 4.27. The molecule has 7 heteroatoms. The van der Waals surface area contributed by atoms with Crippen molar-refractivity contribution in [3.63, 3.8) is 0 Å². The number of alkyl halides is 3. The van der Waals surface area contributed by atoms with Crippen molar-refractivity contribution < 1.29 is 13.2 Å². The Balaban J connectivity index is 3.21. The molecule has 0 amide bonds. The van der Waals surface area contributed by atoms with Crippen molar-refractivity contribution >= 4 is 11.6 Å². The van der Waals surface area contributed by atoms with E-state index in [1.807, 2.05) is 0 Å². The van der Waals surface area contributed by atoms with Gasteiger partial charge in [0.05, 0.1) is 0 Å². The van der Waals surface area contributed by atoms with E-state index in [2.05, 4.69) is 5.10 Å². The van der Waals surface area contributed by atoms with E-state index >= 15 is 0 Å². The fourth-order valence-corrected chi connectivity index (χ4v) is 1.48. The molecule has 0 radical (unpaired) electrons. The predicted molar refractivity (Wildman–Crippen MR) is 50.6 cm³/mol. The van der Waals surface area contributed by atoms with Crippen LogP contribution in [0.25, 0.3) is 0 Å². The van der Waals surface area contributed by atoms with Gasteiger partial charge in [-0.15, -0.1) is 0 Å². The molecule has 1 rings (SSSR count). The molecule has 0 aromatic carbocycles. The van der Waals surface area contributed by atoms with Crippen LogP contribution in [0.15, 0.2) is 0 Å². The zero-order chi connectivity index (χ0) is 11.8. The molecule has 0 aliphatic carbocycles. The van der Waals surface area contributed by atoms with Crippen LogP contribution in [0.2, 0.25) is 5.15 Å². The first-order valence-corrected chi connectivity index (χ1v) is 4.65. The minimum Gasteiger partial charge on any atom is -0.328 e. The van der Waals surface area contributed by atoms with Gasteiger partial charge in [-0.1, -0.05) is 11.6 Å². The Morgan fingerprint density at radius 1 is 1.53 bits per heavy atom. The van der Waals surface area contributed by atoms with Crippen LogP contribution in [0, 0.1) is 0 Å². The molecule has 0 bridgehead atoms. The maximum absolute atomic E-state index is 12.5. The lowest BCUT2D eigenvalue weighted by Crippen LogP contribution is -2.20. The molecule has 1 unspecified atom stereocenters. The highest BCUT2D eigenvalue weighted by Crippen LogP contribution is 2.34. The average Bonchev–Trinajstić information content (AvgIpc) is 2.30. The SMILES string of the molecule is CC(N)Cc1c(C(F)(F)F)nn(C)c1Cl. The molecule has 0 spiro atoms. The zero-order valence-electron chi connectivity index (χ0n) is 8.27. The van der Waals surface area contributed by atoms with Crippen LogP contribution in [0.1, 0.15) is 18.2 Å². The Hall–Kier alpha value is -0.750. The van der Waals surface area contributed by atoms with Gasteiger partial charge in [-0.25, -0.2) is 0 Å². The standard InChI is InChI=1S/C8H11ClF3N3/c1-4(13)3-5-6(8(10,11)12)14-15(2)7(5)9/h4H,3,13H2,1-2H3. The molecule has 0 fully saturated rings. The summed E-state index contributed by atoms with van der Waals surface area (Å²) in [6, 6.07) is -0.396. The molecule has 1 aromatic rings. The smallest absolute Gasteiger partial charge is 0.328 e. The zero-order valence-corrected chi connectivity index (χ0v) is 9.02. The van der Waals surface area contributed by atoms with Crippen molar-refractivity contribution in [2.75, 3.05) is 0 Å². The number of hydrogen-bond donors (Lipinski definition) is 1. The van der Waals surface area contributed by atoms with E-state index in [9.17, 15) is 13.2 Å². The van der Waals surface area contributed by atoms with Crippen molar-refractivity contribution in [1.29, 1.82) is 0 Å². The predicted octanol–water partition coefficient (Wildman–Crippen LogP) is 1.98. The largest absolute Gasteiger partial charge is 0.435 e. The number of halogens is 4. The number of aryl methyl sites for hydroxylation is 1. The van der Waals surface area contributed by atoms with Crippen LogP contribution in [0.3, 0.4) is 0 Å². The summed E-state index contributed by atoms with van der Waals surface area (Å²) >= 11 is 5.71. The molecule has 0 aliphatic rings. The molecule has 2 N–H and O–H groups in total. The second kappa shape index (κ2) is 4.02. The quantitative estimate of drug-likeness (QED) is 0.861. The highest BCUT2D eigenvalue weighted by atomic mass is 35.5. The number of nitrogens with zero attached hydrogens (tertiary/aromatic N) is 2. The second-order valence-corrected chi connectivity index (χ2v) is 3.78. The van der Waals surface area contributed by atoms with Crippen LogP contribution in [-0.4, -0.2) is 15.8 Å². The highest BCUT2D eigenvalue weighted by Gasteiger charge is 2.38. The monoisotopic (exact) mass is 241 g/mol. The molecule has 86 valence electrons. The van der Waals surface area contributed by atoms with Gasteiger partial charge in [0.15, 0.2) is 5.69 Å². The third-order valence-electron chi connectivity index (χ3n) is 1.86. The Bertz CT molecular complexity index is 357. The summed E-state index contributed by atoms with van der Waals surface area (Å²) in [7, 11) is 1.36. The van der Waals surface area contributed by atoms with Gasteiger partial charge in [-0.2, -0.15) is 18.3 Å². The molecular formula is C8H11ClF3N3. The van der Waals surface area contributed by atoms with Crippen molar-refractivity contribution in [3.05, 3.63) is 16.4 Å². The number of aromatic nitrogens is 2. The first kappa shape index (κ1) is 12.3. The molecule has 3 nitrogen and oxygen atoms in total. The number of nitrogens with two attached hydrogens (primary N) is 1. The first-order chi connectivity index (χ1) is 6.73. The summed E-state index contributed by atoms with van der Waals surface area (Å²) < 4.78 is 38.6. The molecule has 15 heavy (non-hydrogen) atoms. The summed E-state index contributed by atoms with van der Waals surface area (Å²) in [4.78, 5) is 0. The number of rotatable bonds is 2. The van der Waals surface area contributed by atoms with Crippen LogP contribution in [0.5, 0.6) is 0 Å². The Morgan fingerprint density at radius 3 is 2.47 bits per heavy atom. The highest BCUT2D eigenvalue weighted by molar-refractivity contribution is 6.30. The van der Waals surface area contributed by atoms with E-state index in [0.29, 0.717) is 0 Å². The Labute approximate surface area is 90.0 Å². The van der Waals surface area contributed by atoms with Gasteiger partial charge in [0.2, 0.25) is 0 Å². The lowest BCUT2D eigenvalue weighted by Gasteiger charge is -2.08. The molecule has 0 saturated carbocycles. The third kappa shape index (κ3) is 2.63. The van der Waals surface area contributed by atoms with E-state index in [0.717, 1.165) is 4.68 Å². The fraction of sp³-hybridized carbons (Fsp3) is 0.625. The maximum Gasteiger partial charge on any atom is 0.435 e. The molecule has 1 atom stereocenters. The third-order valence-corrected chi connectivity index (χ3v) is 2.34. The maximum atomic E-state index is 12.5. The van der Waals surface area contributed by atoms with E-state index < -0.39 is 17.9 Å². The molecule has 0 saturated heterocycles. The van der Waals surface area contributed by atoms with Gasteiger partial charge in [0.25, 0.3) is 0 Å². The normalized spacial score (nSPS) is 14.3.